The van der Waals surface area contributed by atoms with Gasteiger partial charge in [0.05, 0.1) is 23.4 Å². The molecular weight excluding hydrogens is 364 g/mol. The molecule has 0 fully saturated rings. The summed E-state index contributed by atoms with van der Waals surface area (Å²) in [7, 11) is 0. The van der Waals surface area contributed by atoms with Crippen LogP contribution in [0.15, 0.2) is 48.7 Å². The first kappa shape index (κ1) is 18.6. The number of esters is 1. The SMILES string of the molecule is CCOC(=O)c1cnc2cc(C(F)(F)F)ccc2c1Nc1cccc(F)c1. The largest absolute Gasteiger partial charge is 0.462 e. The fourth-order valence-corrected chi connectivity index (χ4v) is 2.58. The van der Waals surface area contributed by atoms with Gasteiger partial charge >= 0.3 is 12.1 Å². The van der Waals surface area contributed by atoms with E-state index in [2.05, 4.69) is 10.3 Å². The molecule has 0 atom stereocenters. The van der Waals surface area contributed by atoms with Crippen molar-refractivity contribution in [3.05, 3.63) is 65.6 Å². The van der Waals surface area contributed by atoms with Crippen LogP contribution in [0.3, 0.4) is 0 Å². The van der Waals surface area contributed by atoms with E-state index in [1.54, 1.807) is 13.0 Å². The Labute approximate surface area is 151 Å². The van der Waals surface area contributed by atoms with Crippen LogP contribution < -0.4 is 5.32 Å². The summed E-state index contributed by atoms with van der Waals surface area (Å²) in [6.45, 7) is 1.74. The van der Waals surface area contributed by atoms with E-state index >= 15 is 0 Å². The summed E-state index contributed by atoms with van der Waals surface area (Å²) < 4.78 is 57.3. The molecule has 3 aromatic rings. The first-order valence-corrected chi connectivity index (χ1v) is 7.99. The van der Waals surface area contributed by atoms with Gasteiger partial charge in [0, 0.05) is 17.3 Å². The molecule has 0 saturated carbocycles. The molecule has 140 valence electrons. The molecule has 8 heteroatoms. The smallest absolute Gasteiger partial charge is 0.416 e. The number of carbonyl (C=O) groups excluding carboxylic acids is 1. The molecule has 2 aromatic carbocycles. The van der Waals surface area contributed by atoms with Gasteiger partial charge in [-0.1, -0.05) is 12.1 Å². The van der Waals surface area contributed by atoms with E-state index < -0.39 is 23.5 Å². The lowest BCUT2D eigenvalue weighted by atomic mass is 10.1. The monoisotopic (exact) mass is 378 g/mol. The maximum Gasteiger partial charge on any atom is 0.416 e. The van der Waals surface area contributed by atoms with Crippen molar-refractivity contribution in [1.82, 2.24) is 4.98 Å². The van der Waals surface area contributed by atoms with Crippen LogP contribution >= 0.6 is 0 Å². The van der Waals surface area contributed by atoms with Crippen LogP contribution in [-0.4, -0.2) is 17.6 Å². The number of benzene rings is 2. The van der Waals surface area contributed by atoms with Gasteiger partial charge in [-0.25, -0.2) is 9.18 Å². The Balaban J connectivity index is 2.17. The molecule has 4 nitrogen and oxygen atoms in total. The van der Waals surface area contributed by atoms with Crippen molar-refractivity contribution < 1.29 is 27.1 Å². The van der Waals surface area contributed by atoms with Gasteiger partial charge in [0.1, 0.15) is 11.4 Å². The number of rotatable bonds is 4. The zero-order valence-electron chi connectivity index (χ0n) is 14.1. The quantitative estimate of drug-likeness (QED) is 0.494. The third-order valence-electron chi connectivity index (χ3n) is 3.79. The molecule has 0 bridgehead atoms. The molecule has 0 unspecified atom stereocenters. The van der Waals surface area contributed by atoms with E-state index in [1.165, 1.54) is 24.3 Å². The maximum absolute atomic E-state index is 13.5. The molecule has 1 aromatic heterocycles. The van der Waals surface area contributed by atoms with Gasteiger partial charge in [0.15, 0.2) is 0 Å². The summed E-state index contributed by atoms with van der Waals surface area (Å²) in [4.78, 5) is 16.2. The Hall–Kier alpha value is -3.16. The third kappa shape index (κ3) is 3.99. The van der Waals surface area contributed by atoms with Gasteiger partial charge in [-0.3, -0.25) is 4.98 Å². The predicted octanol–water partition coefficient (Wildman–Crippen LogP) is 5.31. The van der Waals surface area contributed by atoms with Crippen LogP contribution in [0.25, 0.3) is 10.9 Å². The van der Waals surface area contributed by atoms with Gasteiger partial charge in [0.2, 0.25) is 0 Å². The molecule has 0 radical (unpaired) electrons. The number of carbonyl (C=O) groups is 1. The second kappa shape index (κ2) is 7.22. The van der Waals surface area contributed by atoms with E-state index in [0.717, 1.165) is 18.3 Å². The van der Waals surface area contributed by atoms with Crippen molar-refractivity contribution in [1.29, 1.82) is 0 Å². The van der Waals surface area contributed by atoms with Crippen LogP contribution in [0.4, 0.5) is 28.9 Å². The minimum Gasteiger partial charge on any atom is -0.462 e. The highest BCUT2D eigenvalue weighted by molar-refractivity contribution is 6.06. The number of hydrogen-bond acceptors (Lipinski definition) is 4. The molecule has 3 rings (SSSR count). The van der Waals surface area contributed by atoms with Crippen molar-refractivity contribution in [2.45, 2.75) is 13.1 Å². The van der Waals surface area contributed by atoms with Crippen LogP contribution in [0.2, 0.25) is 0 Å². The third-order valence-corrected chi connectivity index (χ3v) is 3.79. The Morgan fingerprint density at radius 1 is 1.19 bits per heavy atom. The highest BCUT2D eigenvalue weighted by Gasteiger charge is 2.31. The zero-order valence-corrected chi connectivity index (χ0v) is 14.1. The van der Waals surface area contributed by atoms with Gasteiger partial charge in [0.25, 0.3) is 0 Å². The number of fused-ring (bicyclic) bond motifs is 1. The van der Waals surface area contributed by atoms with Gasteiger partial charge < -0.3 is 10.1 Å². The summed E-state index contributed by atoms with van der Waals surface area (Å²) in [6.07, 6.45) is -3.38. The van der Waals surface area contributed by atoms with Crippen LogP contribution in [0, 0.1) is 5.82 Å². The van der Waals surface area contributed by atoms with Gasteiger partial charge in [-0.2, -0.15) is 13.2 Å². The molecule has 0 saturated heterocycles. The Bertz CT molecular complexity index is 1000. The van der Waals surface area contributed by atoms with E-state index in [4.69, 9.17) is 4.74 Å². The Morgan fingerprint density at radius 3 is 2.63 bits per heavy atom. The zero-order chi connectivity index (χ0) is 19.6. The van der Waals surface area contributed by atoms with Crippen LogP contribution in [0.5, 0.6) is 0 Å². The number of nitrogens with zero attached hydrogens (tertiary/aromatic N) is 1. The number of alkyl halides is 3. The lowest BCUT2D eigenvalue weighted by Gasteiger charge is -2.15. The lowest BCUT2D eigenvalue weighted by molar-refractivity contribution is -0.137. The summed E-state index contributed by atoms with van der Waals surface area (Å²) >= 11 is 0. The predicted molar refractivity (Wildman–Crippen MR) is 92.4 cm³/mol. The second-order valence-corrected chi connectivity index (χ2v) is 5.63. The van der Waals surface area contributed by atoms with Crippen molar-refractivity contribution in [2.24, 2.45) is 0 Å². The topological polar surface area (TPSA) is 51.2 Å². The van der Waals surface area contributed by atoms with Gasteiger partial charge in [-0.05, 0) is 37.3 Å². The van der Waals surface area contributed by atoms with Crippen LogP contribution in [0.1, 0.15) is 22.8 Å². The van der Waals surface area contributed by atoms with Crippen molar-refractivity contribution in [2.75, 3.05) is 11.9 Å². The molecule has 1 N–H and O–H groups in total. The molecule has 0 spiro atoms. The van der Waals surface area contributed by atoms with E-state index in [9.17, 15) is 22.4 Å². The Morgan fingerprint density at radius 2 is 1.96 bits per heavy atom. The fraction of sp³-hybridized carbons (Fsp3) is 0.158. The lowest BCUT2D eigenvalue weighted by Crippen LogP contribution is -2.10. The van der Waals surface area contributed by atoms with Crippen LogP contribution in [-0.2, 0) is 10.9 Å². The number of ether oxygens (including phenoxy) is 1. The molecule has 1 heterocycles. The first-order chi connectivity index (χ1) is 12.8. The number of halogens is 4. The average molecular weight is 378 g/mol. The number of nitrogens with one attached hydrogen (secondary N) is 1. The minimum absolute atomic E-state index is 0.0355. The summed E-state index contributed by atoms with van der Waals surface area (Å²) in [6, 6.07) is 8.48. The first-order valence-electron chi connectivity index (χ1n) is 7.99. The standard InChI is InChI=1S/C19H14F4N2O2/c1-2-27-18(26)15-10-24-16-8-11(19(21,22)23)6-7-14(16)17(15)25-13-5-3-4-12(20)9-13/h3-10H,2H2,1H3,(H,24,25). The minimum atomic E-state index is -4.52. The number of hydrogen-bond donors (Lipinski definition) is 1. The summed E-state index contributed by atoms with van der Waals surface area (Å²) in [5.41, 5.74) is -0.265. The number of aromatic nitrogens is 1. The van der Waals surface area contributed by atoms with Crippen molar-refractivity contribution in [3.8, 4) is 0 Å². The normalized spacial score (nSPS) is 11.4. The average Bonchev–Trinajstić information content (AvgIpc) is 2.61. The fourth-order valence-electron chi connectivity index (χ4n) is 2.58. The number of pyridine rings is 1. The van der Waals surface area contributed by atoms with E-state index in [1.807, 2.05) is 0 Å². The molecule has 0 aliphatic carbocycles. The van der Waals surface area contributed by atoms with Crippen molar-refractivity contribution >= 4 is 28.2 Å². The van der Waals surface area contributed by atoms with E-state index in [0.29, 0.717) is 5.69 Å². The van der Waals surface area contributed by atoms with Crippen molar-refractivity contribution in [3.63, 3.8) is 0 Å². The Kier molecular flexibility index (Phi) is 4.98. The summed E-state index contributed by atoms with van der Waals surface area (Å²) in [5.74, 6) is -1.19. The molecule has 0 aliphatic heterocycles. The highest BCUT2D eigenvalue weighted by atomic mass is 19.4. The van der Waals surface area contributed by atoms with Gasteiger partial charge in [-0.15, -0.1) is 0 Å². The highest BCUT2D eigenvalue weighted by Crippen LogP contribution is 2.35. The van der Waals surface area contributed by atoms with E-state index in [-0.39, 0.29) is 28.8 Å². The second-order valence-electron chi connectivity index (χ2n) is 5.63. The number of anilines is 2. The summed E-state index contributed by atoms with van der Waals surface area (Å²) in [5, 5.41) is 3.17. The maximum atomic E-state index is 13.5. The molecule has 0 amide bonds. The molecule has 0 aliphatic rings. The molecular formula is C19H14F4N2O2. The molecule has 27 heavy (non-hydrogen) atoms.